The van der Waals surface area contributed by atoms with Crippen LogP contribution in [0.2, 0.25) is 0 Å². The third-order valence-electron chi connectivity index (χ3n) is 5.88. The first-order valence-electron chi connectivity index (χ1n) is 9.86. The van der Waals surface area contributed by atoms with Crippen molar-refractivity contribution in [3.63, 3.8) is 0 Å². The summed E-state index contributed by atoms with van der Waals surface area (Å²) in [6.45, 7) is 4.55. The van der Waals surface area contributed by atoms with Crippen molar-refractivity contribution in [3.8, 4) is 0 Å². The zero-order valence-corrected chi connectivity index (χ0v) is 16.9. The Labute approximate surface area is 160 Å². The molecule has 7 nitrogen and oxygen atoms in total. The number of hydrogen-bond acceptors (Lipinski definition) is 4. The molecule has 27 heavy (non-hydrogen) atoms. The van der Waals surface area contributed by atoms with E-state index in [1.807, 2.05) is 27.9 Å². The fourth-order valence-corrected chi connectivity index (χ4v) is 4.48. The van der Waals surface area contributed by atoms with Crippen molar-refractivity contribution in [2.45, 2.75) is 64.7 Å². The van der Waals surface area contributed by atoms with Crippen LogP contribution in [0.5, 0.6) is 0 Å². The maximum Gasteiger partial charge on any atom is 0.272 e. The maximum atomic E-state index is 13.3. The molecule has 2 aliphatic rings. The molecule has 0 bridgehead atoms. The number of aromatic nitrogens is 4. The first-order chi connectivity index (χ1) is 12.9. The minimum absolute atomic E-state index is 0.00600. The largest absolute Gasteiger partial charge is 0.369 e. The van der Waals surface area contributed by atoms with Crippen molar-refractivity contribution in [2.24, 2.45) is 14.1 Å². The summed E-state index contributed by atoms with van der Waals surface area (Å²) < 4.78 is 9.75. The Bertz CT molecular complexity index is 882. The van der Waals surface area contributed by atoms with Gasteiger partial charge in [0.1, 0.15) is 11.5 Å². The van der Waals surface area contributed by atoms with E-state index in [2.05, 4.69) is 16.7 Å². The van der Waals surface area contributed by atoms with Crippen molar-refractivity contribution in [3.05, 3.63) is 34.2 Å². The number of rotatable bonds is 3. The van der Waals surface area contributed by atoms with Crippen LogP contribution < -0.4 is 0 Å². The molecule has 4 rings (SSSR count). The number of aryl methyl sites for hydroxylation is 2. The van der Waals surface area contributed by atoms with Gasteiger partial charge in [-0.3, -0.25) is 9.48 Å². The number of hydrogen-bond donors (Lipinski definition) is 0. The Hall–Kier alpha value is -2.15. The van der Waals surface area contributed by atoms with E-state index in [4.69, 9.17) is 9.72 Å². The second-order valence-corrected chi connectivity index (χ2v) is 7.98. The highest BCUT2D eigenvalue weighted by Gasteiger charge is 2.32. The van der Waals surface area contributed by atoms with Crippen LogP contribution in [0.1, 0.15) is 71.8 Å². The molecule has 146 valence electrons. The lowest BCUT2D eigenvalue weighted by Crippen LogP contribution is -2.31. The van der Waals surface area contributed by atoms with Crippen LogP contribution in [-0.4, -0.2) is 43.3 Å². The summed E-state index contributed by atoms with van der Waals surface area (Å²) in [4.78, 5) is 19.8. The smallest absolute Gasteiger partial charge is 0.272 e. The van der Waals surface area contributed by atoms with E-state index in [1.165, 1.54) is 24.2 Å². The van der Waals surface area contributed by atoms with Crippen LogP contribution in [0.3, 0.4) is 0 Å². The number of fused-ring (bicyclic) bond motifs is 2. The first kappa shape index (κ1) is 18.2. The van der Waals surface area contributed by atoms with Gasteiger partial charge in [0.05, 0.1) is 30.1 Å². The van der Waals surface area contributed by atoms with Crippen LogP contribution in [0.15, 0.2) is 0 Å². The Balaban J connectivity index is 1.60. The SMILES string of the molecule is C[C@@H]1Cc2c(nn(C)c2C(=O)N(C)Cc2nc3c(n2C)CCCC3)[C@H](C)O1. The highest BCUT2D eigenvalue weighted by Crippen LogP contribution is 2.31. The van der Waals surface area contributed by atoms with Crippen LogP contribution in [0, 0.1) is 0 Å². The molecule has 7 heteroatoms. The molecule has 0 saturated heterocycles. The third-order valence-corrected chi connectivity index (χ3v) is 5.88. The number of carbonyl (C=O) groups excluding carboxylic acids is 1. The summed E-state index contributed by atoms with van der Waals surface area (Å²) in [6, 6.07) is 0. The van der Waals surface area contributed by atoms with E-state index in [9.17, 15) is 4.79 Å². The van der Waals surface area contributed by atoms with Gasteiger partial charge in [0.2, 0.25) is 0 Å². The molecule has 0 unspecified atom stereocenters. The van der Waals surface area contributed by atoms with E-state index in [0.717, 1.165) is 36.3 Å². The molecule has 0 N–H and O–H groups in total. The Morgan fingerprint density at radius 3 is 2.74 bits per heavy atom. The van der Waals surface area contributed by atoms with Crippen molar-refractivity contribution < 1.29 is 9.53 Å². The molecule has 2 aromatic rings. The van der Waals surface area contributed by atoms with Gasteiger partial charge in [0.15, 0.2) is 0 Å². The summed E-state index contributed by atoms with van der Waals surface area (Å²) in [6.07, 6.45) is 5.29. The second kappa shape index (κ2) is 6.78. The molecule has 3 heterocycles. The van der Waals surface area contributed by atoms with E-state index >= 15 is 0 Å². The number of nitrogens with zero attached hydrogens (tertiary/aromatic N) is 5. The van der Waals surface area contributed by atoms with Gasteiger partial charge in [-0.15, -0.1) is 0 Å². The molecular weight excluding hydrogens is 342 g/mol. The Kier molecular flexibility index (Phi) is 4.58. The topological polar surface area (TPSA) is 65.2 Å². The summed E-state index contributed by atoms with van der Waals surface area (Å²) in [7, 11) is 5.76. The third kappa shape index (κ3) is 3.08. The number of carbonyl (C=O) groups is 1. The lowest BCUT2D eigenvalue weighted by molar-refractivity contribution is -0.00713. The average Bonchev–Trinajstić information content (AvgIpc) is 3.12. The van der Waals surface area contributed by atoms with E-state index in [-0.39, 0.29) is 18.1 Å². The summed E-state index contributed by atoms with van der Waals surface area (Å²) in [5.41, 5.74) is 5.13. The van der Waals surface area contributed by atoms with Gasteiger partial charge in [0.25, 0.3) is 5.91 Å². The van der Waals surface area contributed by atoms with Gasteiger partial charge < -0.3 is 14.2 Å². The van der Waals surface area contributed by atoms with Gasteiger partial charge in [0, 0.05) is 38.8 Å². The van der Waals surface area contributed by atoms with Gasteiger partial charge >= 0.3 is 0 Å². The van der Waals surface area contributed by atoms with Gasteiger partial charge in [-0.1, -0.05) is 0 Å². The van der Waals surface area contributed by atoms with Crippen LogP contribution in [0.25, 0.3) is 0 Å². The highest BCUT2D eigenvalue weighted by atomic mass is 16.5. The van der Waals surface area contributed by atoms with Crippen molar-refractivity contribution >= 4 is 5.91 Å². The normalized spacial score (nSPS) is 21.7. The molecule has 0 fully saturated rings. The van der Waals surface area contributed by atoms with E-state index < -0.39 is 0 Å². The maximum absolute atomic E-state index is 13.3. The fraction of sp³-hybridized carbons (Fsp3) is 0.650. The number of amides is 1. The molecule has 0 spiro atoms. The summed E-state index contributed by atoms with van der Waals surface area (Å²) in [5.74, 6) is 0.951. The van der Waals surface area contributed by atoms with E-state index in [1.54, 1.807) is 9.58 Å². The fourth-order valence-electron chi connectivity index (χ4n) is 4.48. The Morgan fingerprint density at radius 2 is 2.00 bits per heavy atom. The van der Waals surface area contributed by atoms with Crippen molar-refractivity contribution in [1.29, 1.82) is 0 Å². The predicted molar refractivity (Wildman–Crippen MR) is 102 cm³/mol. The molecule has 1 aliphatic carbocycles. The molecule has 2 aromatic heterocycles. The van der Waals surface area contributed by atoms with Crippen LogP contribution in [-0.2, 0) is 44.6 Å². The quantitative estimate of drug-likeness (QED) is 0.831. The van der Waals surface area contributed by atoms with Crippen LogP contribution in [0.4, 0.5) is 0 Å². The van der Waals surface area contributed by atoms with Crippen molar-refractivity contribution in [2.75, 3.05) is 7.05 Å². The zero-order valence-electron chi connectivity index (χ0n) is 16.9. The Morgan fingerprint density at radius 1 is 1.26 bits per heavy atom. The molecule has 2 atom stereocenters. The monoisotopic (exact) mass is 371 g/mol. The molecule has 1 amide bonds. The van der Waals surface area contributed by atoms with Gasteiger partial charge in [-0.05, 0) is 39.5 Å². The number of ether oxygens (including phenoxy) is 1. The number of imidazole rings is 1. The molecule has 1 aliphatic heterocycles. The minimum atomic E-state index is -0.0805. The summed E-state index contributed by atoms with van der Waals surface area (Å²) in [5, 5.41) is 4.57. The van der Waals surface area contributed by atoms with E-state index in [0.29, 0.717) is 12.2 Å². The molecule has 0 saturated carbocycles. The zero-order chi connectivity index (χ0) is 19.3. The highest BCUT2D eigenvalue weighted by molar-refractivity contribution is 5.94. The lowest BCUT2D eigenvalue weighted by Gasteiger charge is -2.25. The standard InChI is InChI=1S/C20H29N5O2/c1-12-10-14-18(13(2)27-12)22-25(5)19(14)20(26)23(3)11-17-21-15-8-6-7-9-16(15)24(17)4/h12-13H,6-11H2,1-5H3/t12-,13+/m1/s1. The summed E-state index contributed by atoms with van der Waals surface area (Å²) >= 11 is 0. The first-order valence-corrected chi connectivity index (χ1v) is 9.86. The predicted octanol–water partition coefficient (Wildman–Crippen LogP) is 2.33. The average molecular weight is 371 g/mol. The van der Waals surface area contributed by atoms with Gasteiger partial charge in [-0.25, -0.2) is 4.98 Å². The van der Waals surface area contributed by atoms with Crippen LogP contribution >= 0.6 is 0 Å². The van der Waals surface area contributed by atoms with Gasteiger partial charge in [-0.2, -0.15) is 5.10 Å². The lowest BCUT2D eigenvalue weighted by atomic mass is 9.99. The molecule has 0 aromatic carbocycles. The minimum Gasteiger partial charge on any atom is -0.369 e. The van der Waals surface area contributed by atoms with Crippen molar-refractivity contribution in [1.82, 2.24) is 24.2 Å². The second-order valence-electron chi connectivity index (χ2n) is 7.98. The molecule has 0 radical (unpaired) electrons. The molecular formula is C20H29N5O2.